The van der Waals surface area contributed by atoms with Gasteiger partial charge < -0.3 is 10.1 Å². The Morgan fingerprint density at radius 2 is 1.90 bits per heavy atom. The summed E-state index contributed by atoms with van der Waals surface area (Å²) in [5, 5.41) is 3.98. The smallest absolute Gasteiger partial charge is 0.407 e. The van der Waals surface area contributed by atoms with Gasteiger partial charge in [-0.15, -0.1) is 0 Å². The van der Waals surface area contributed by atoms with Crippen molar-refractivity contribution in [1.29, 1.82) is 0 Å². The summed E-state index contributed by atoms with van der Waals surface area (Å²) in [5.74, 6) is 0.511. The van der Waals surface area contributed by atoms with Crippen molar-refractivity contribution in [2.45, 2.75) is 51.7 Å². The second kappa shape index (κ2) is 8.14. The fourth-order valence-corrected chi connectivity index (χ4v) is 5.76. The van der Waals surface area contributed by atoms with Crippen LogP contribution in [0.2, 0.25) is 5.02 Å². The topological polar surface area (TPSA) is 41.6 Å². The number of rotatable bonds is 3. The molecule has 2 aromatic rings. The van der Waals surface area contributed by atoms with Crippen molar-refractivity contribution in [1.82, 2.24) is 10.2 Å². The number of aryl methyl sites for hydroxylation is 1. The number of carbonyl (C=O) groups is 1. The number of alkyl carbamates (subject to hydrolysis) is 1. The minimum absolute atomic E-state index is 0.0199. The van der Waals surface area contributed by atoms with Crippen molar-refractivity contribution in [3.63, 3.8) is 0 Å². The number of piperidine rings is 3. The largest absolute Gasteiger partial charge is 0.445 e. The number of fused-ring (bicyclic) bond motifs is 4. The number of hydrogen-bond donors (Lipinski definition) is 1. The maximum absolute atomic E-state index is 13.0. The van der Waals surface area contributed by atoms with Gasteiger partial charge in [-0.05, 0) is 90.6 Å². The Hall–Kier alpha value is -2.04. The summed E-state index contributed by atoms with van der Waals surface area (Å²) in [6.45, 7) is 7.63. The van der Waals surface area contributed by atoms with Crippen molar-refractivity contribution < 1.29 is 9.53 Å². The molecular weight excluding hydrogens is 408 g/mol. The predicted octanol–water partition coefficient (Wildman–Crippen LogP) is 5.84. The highest BCUT2D eigenvalue weighted by Gasteiger charge is 2.40. The normalized spacial score (nSPS) is 28.6. The van der Waals surface area contributed by atoms with E-state index in [9.17, 15) is 4.79 Å². The van der Waals surface area contributed by atoms with Gasteiger partial charge in [-0.1, -0.05) is 49.7 Å². The number of halogens is 1. The van der Waals surface area contributed by atoms with Gasteiger partial charge >= 0.3 is 6.09 Å². The molecule has 2 atom stereocenters. The average Bonchev–Trinajstić information content (AvgIpc) is 2.76. The zero-order valence-electron chi connectivity index (χ0n) is 18.4. The molecule has 0 saturated carbocycles. The van der Waals surface area contributed by atoms with Crippen molar-refractivity contribution in [2.24, 2.45) is 11.3 Å². The van der Waals surface area contributed by atoms with Crippen LogP contribution in [0.3, 0.4) is 0 Å². The SMILES string of the molecule is CC1(C)CCc2ccc(-c3cccc(Cl)c3)cc2C1NC(=O)O[C@@H]1CN2CCC1CC2. The number of hydrogen-bond acceptors (Lipinski definition) is 3. The quantitative estimate of drug-likeness (QED) is 0.654. The van der Waals surface area contributed by atoms with E-state index in [1.807, 2.05) is 18.2 Å². The Bertz CT molecular complexity index is 981. The van der Waals surface area contributed by atoms with Crippen LogP contribution in [0.4, 0.5) is 4.79 Å². The van der Waals surface area contributed by atoms with Gasteiger partial charge in [0.25, 0.3) is 0 Å². The number of carbonyl (C=O) groups excluding carboxylic acids is 1. The van der Waals surface area contributed by atoms with Crippen LogP contribution in [0.25, 0.3) is 11.1 Å². The minimum atomic E-state index is -0.280. The molecule has 0 radical (unpaired) electrons. The Morgan fingerprint density at radius 1 is 1.13 bits per heavy atom. The van der Waals surface area contributed by atoms with Gasteiger partial charge in [0.2, 0.25) is 0 Å². The third kappa shape index (κ3) is 4.20. The second-order valence-electron chi connectivity index (χ2n) is 10.1. The van der Waals surface area contributed by atoms with E-state index in [-0.39, 0.29) is 23.7 Å². The number of amides is 1. The Morgan fingerprint density at radius 3 is 2.61 bits per heavy atom. The van der Waals surface area contributed by atoms with Crippen LogP contribution in [0.1, 0.15) is 50.3 Å². The Balaban J connectivity index is 1.39. The van der Waals surface area contributed by atoms with E-state index in [1.54, 1.807) is 0 Å². The van der Waals surface area contributed by atoms with Crippen molar-refractivity contribution >= 4 is 17.7 Å². The first-order chi connectivity index (χ1) is 14.9. The molecule has 3 heterocycles. The molecule has 0 aromatic heterocycles. The molecule has 164 valence electrons. The van der Waals surface area contributed by atoms with Crippen molar-refractivity contribution in [2.75, 3.05) is 19.6 Å². The number of ether oxygens (including phenoxy) is 1. The fraction of sp³-hybridized carbons (Fsp3) is 0.500. The average molecular weight is 439 g/mol. The van der Waals surface area contributed by atoms with Gasteiger partial charge in [-0.2, -0.15) is 0 Å². The van der Waals surface area contributed by atoms with Gasteiger partial charge in [-0.3, -0.25) is 4.90 Å². The van der Waals surface area contributed by atoms with Gasteiger partial charge in [-0.25, -0.2) is 4.79 Å². The number of nitrogens with one attached hydrogen (secondary N) is 1. The maximum Gasteiger partial charge on any atom is 0.407 e. The highest BCUT2D eigenvalue weighted by atomic mass is 35.5. The first-order valence-electron chi connectivity index (χ1n) is 11.5. The molecule has 1 aliphatic carbocycles. The van der Waals surface area contributed by atoms with Crippen LogP contribution in [-0.4, -0.2) is 36.7 Å². The predicted molar refractivity (Wildman–Crippen MR) is 124 cm³/mol. The summed E-state index contributed by atoms with van der Waals surface area (Å²) in [7, 11) is 0. The van der Waals surface area contributed by atoms with Crippen LogP contribution in [0, 0.1) is 11.3 Å². The molecule has 4 aliphatic rings. The molecule has 3 saturated heterocycles. The highest BCUT2D eigenvalue weighted by molar-refractivity contribution is 6.30. The lowest BCUT2D eigenvalue weighted by molar-refractivity contribution is -0.0353. The summed E-state index contributed by atoms with van der Waals surface area (Å²) in [5.41, 5.74) is 4.66. The summed E-state index contributed by atoms with van der Waals surface area (Å²) >= 11 is 6.22. The van der Waals surface area contributed by atoms with E-state index in [0.717, 1.165) is 61.5 Å². The first kappa shape index (κ1) is 20.8. The molecule has 1 amide bonds. The van der Waals surface area contributed by atoms with E-state index in [2.05, 4.69) is 48.3 Å². The lowest BCUT2D eigenvalue weighted by Gasteiger charge is -2.44. The van der Waals surface area contributed by atoms with E-state index in [1.165, 1.54) is 11.1 Å². The molecule has 2 bridgehead atoms. The molecule has 31 heavy (non-hydrogen) atoms. The fourth-order valence-electron chi connectivity index (χ4n) is 5.57. The summed E-state index contributed by atoms with van der Waals surface area (Å²) < 4.78 is 5.96. The second-order valence-corrected chi connectivity index (χ2v) is 10.5. The van der Waals surface area contributed by atoms with Crippen LogP contribution in [0.5, 0.6) is 0 Å². The van der Waals surface area contributed by atoms with Crippen LogP contribution in [0.15, 0.2) is 42.5 Å². The van der Waals surface area contributed by atoms with Crippen molar-refractivity contribution in [3.8, 4) is 11.1 Å². The van der Waals surface area contributed by atoms with E-state index < -0.39 is 0 Å². The van der Waals surface area contributed by atoms with Gasteiger partial charge in [0.05, 0.1) is 6.04 Å². The van der Waals surface area contributed by atoms with E-state index >= 15 is 0 Å². The summed E-state index contributed by atoms with van der Waals surface area (Å²) in [6, 6.07) is 14.4. The molecule has 1 N–H and O–H groups in total. The maximum atomic E-state index is 13.0. The monoisotopic (exact) mass is 438 g/mol. The number of nitrogens with zero attached hydrogens (tertiary/aromatic N) is 1. The third-order valence-electron chi connectivity index (χ3n) is 7.55. The first-order valence-corrected chi connectivity index (χ1v) is 11.9. The van der Waals surface area contributed by atoms with E-state index in [4.69, 9.17) is 16.3 Å². The molecule has 3 aliphatic heterocycles. The van der Waals surface area contributed by atoms with Gasteiger partial charge in [0.1, 0.15) is 6.10 Å². The molecule has 6 rings (SSSR count). The molecule has 0 spiro atoms. The van der Waals surface area contributed by atoms with Gasteiger partial charge in [0, 0.05) is 11.6 Å². The molecule has 3 fully saturated rings. The zero-order chi connectivity index (χ0) is 21.6. The summed E-state index contributed by atoms with van der Waals surface area (Å²) in [4.78, 5) is 15.4. The molecule has 4 nitrogen and oxygen atoms in total. The molecule has 1 unspecified atom stereocenters. The Kier molecular flexibility index (Phi) is 5.47. The molecule has 2 aromatic carbocycles. The molecule has 5 heteroatoms. The highest BCUT2D eigenvalue weighted by Crippen LogP contribution is 2.45. The lowest BCUT2D eigenvalue weighted by Crippen LogP contribution is -2.53. The number of benzene rings is 2. The standard InChI is InChI=1S/C26H31ClN2O2/c1-26(2)11-8-17-6-7-20(19-4-3-5-21(27)14-19)15-22(17)24(26)28-25(30)31-23-16-29-12-9-18(23)10-13-29/h3-7,14-15,18,23-24H,8-13,16H2,1-2H3,(H,28,30)/t23-,24?/m1/s1. The van der Waals surface area contributed by atoms with Gasteiger partial charge in [0.15, 0.2) is 0 Å². The lowest BCUT2D eigenvalue weighted by atomic mass is 9.70. The Labute approximate surface area is 189 Å². The zero-order valence-corrected chi connectivity index (χ0v) is 19.1. The third-order valence-corrected chi connectivity index (χ3v) is 7.79. The van der Waals surface area contributed by atoms with Crippen LogP contribution in [-0.2, 0) is 11.2 Å². The van der Waals surface area contributed by atoms with Crippen molar-refractivity contribution in [3.05, 3.63) is 58.6 Å². The van der Waals surface area contributed by atoms with Crippen LogP contribution >= 0.6 is 11.6 Å². The van der Waals surface area contributed by atoms with E-state index in [0.29, 0.717) is 5.92 Å². The summed E-state index contributed by atoms with van der Waals surface area (Å²) in [6.07, 6.45) is 4.06. The van der Waals surface area contributed by atoms with Crippen LogP contribution < -0.4 is 5.32 Å². The minimum Gasteiger partial charge on any atom is -0.445 e. The molecular formula is C26H31ClN2O2.